The molecule has 122 valence electrons. The van der Waals surface area contributed by atoms with Crippen LogP contribution in [0.25, 0.3) is 0 Å². The van der Waals surface area contributed by atoms with E-state index in [1.807, 2.05) is 11.8 Å². The number of carbonyl (C=O) groups excluding carboxylic acids is 1. The number of carbonyl (C=O) groups is 1. The number of hydrogen-bond donors (Lipinski definition) is 1. The molecule has 1 aliphatic rings. The highest BCUT2D eigenvalue weighted by molar-refractivity contribution is 6.32. The smallest absolute Gasteiger partial charge is 0.253 e. The van der Waals surface area contributed by atoms with Crippen LogP contribution < -0.4 is 10.5 Å². The van der Waals surface area contributed by atoms with Crippen LogP contribution >= 0.6 is 11.6 Å². The molecule has 1 saturated heterocycles. The van der Waals surface area contributed by atoms with Gasteiger partial charge in [-0.1, -0.05) is 11.6 Å². The Balaban J connectivity index is 2.04. The van der Waals surface area contributed by atoms with E-state index in [1.165, 1.54) is 0 Å². The second-order valence-electron chi connectivity index (χ2n) is 5.42. The molecule has 1 heterocycles. The lowest BCUT2D eigenvalue weighted by Gasteiger charge is -2.22. The predicted octanol–water partition coefficient (Wildman–Crippen LogP) is 2.32. The number of benzene rings is 1. The van der Waals surface area contributed by atoms with Gasteiger partial charge in [0.1, 0.15) is 5.75 Å². The minimum atomic E-state index is -0.0206. The van der Waals surface area contributed by atoms with E-state index in [0.717, 1.165) is 12.8 Å². The fourth-order valence-electron chi connectivity index (χ4n) is 2.38. The Morgan fingerprint density at radius 3 is 3.09 bits per heavy atom. The summed E-state index contributed by atoms with van der Waals surface area (Å²) in [5.41, 5.74) is 6.00. The molecule has 2 rings (SSSR count). The second kappa shape index (κ2) is 8.36. The molecule has 0 aliphatic carbocycles. The fourth-order valence-corrected chi connectivity index (χ4v) is 2.61. The second-order valence-corrected chi connectivity index (χ2v) is 5.83. The van der Waals surface area contributed by atoms with Crippen molar-refractivity contribution in [3.63, 3.8) is 0 Å². The van der Waals surface area contributed by atoms with Crippen molar-refractivity contribution in [2.24, 2.45) is 5.73 Å². The van der Waals surface area contributed by atoms with Crippen molar-refractivity contribution in [3.05, 3.63) is 28.8 Å². The molecule has 0 aromatic heterocycles. The van der Waals surface area contributed by atoms with Gasteiger partial charge in [-0.15, -0.1) is 0 Å². The minimum absolute atomic E-state index is 0.0206. The van der Waals surface area contributed by atoms with Gasteiger partial charge in [0.05, 0.1) is 17.7 Å². The van der Waals surface area contributed by atoms with Crippen LogP contribution in [-0.4, -0.2) is 49.8 Å². The lowest BCUT2D eigenvalue weighted by Crippen LogP contribution is -2.35. The van der Waals surface area contributed by atoms with Crippen LogP contribution in [0.2, 0.25) is 5.02 Å². The summed E-state index contributed by atoms with van der Waals surface area (Å²) in [6.45, 7) is 5.07. The van der Waals surface area contributed by atoms with Crippen LogP contribution in [0, 0.1) is 0 Å². The maximum absolute atomic E-state index is 12.6. The highest BCUT2D eigenvalue weighted by atomic mass is 35.5. The normalized spacial score (nSPS) is 18.9. The molecule has 5 nitrogen and oxygen atoms in total. The molecule has 1 aliphatic heterocycles. The van der Waals surface area contributed by atoms with Gasteiger partial charge in [-0.3, -0.25) is 4.79 Å². The topological polar surface area (TPSA) is 64.8 Å². The summed E-state index contributed by atoms with van der Waals surface area (Å²) < 4.78 is 11.1. The monoisotopic (exact) mass is 326 g/mol. The molecule has 22 heavy (non-hydrogen) atoms. The van der Waals surface area contributed by atoms with E-state index < -0.39 is 0 Å². The number of amides is 1. The van der Waals surface area contributed by atoms with E-state index in [9.17, 15) is 4.79 Å². The van der Waals surface area contributed by atoms with Crippen LogP contribution in [0.15, 0.2) is 18.2 Å². The molecular weight excluding hydrogens is 304 g/mol. The molecule has 1 amide bonds. The van der Waals surface area contributed by atoms with Crippen LogP contribution in [-0.2, 0) is 4.74 Å². The Hall–Kier alpha value is -1.30. The minimum Gasteiger partial charge on any atom is -0.492 e. The average molecular weight is 327 g/mol. The van der Waals surface area contributed by atoms with E-state index in [0.29, 0.717) is 49.2 Å². The summed E-state index contributed by atoms with van der Waals surface area (Å²) in [7, 11) is 0. The maximum atomic E-state index is 12.6. The van der Waals surface area contributed by atoms with Crippen molar-refractivity contribution in [3.8, 4) is 5.75 Å². The average Bonchev–Trinajstić information content (AvgIpc) is 2.73. The zero-order chi connectivity index (χ0) is 15.9. The van der Waals surface area contributed by atoms with Gasteiger partial charge in [-0.25, -0.2) is 0 Å². The van der Waals surface area contributed by atoms with Gasteiger partial charge in [0.25, 0.3) is 5.91 Å². The number of nitrogens with two attached hydrogens (primary N) is 1. The van der Waals surface area contributed by atoms with Gasteiger partial charge in [-0.2, -0.15) is 0 Å². The molecule has 1 aromatic carbocycles. The van der Waals surface area contributed by atoms with Crippen LogP contribution in [0.4, 0.5) is 0 Å². The zero-order valence-corrected chi connectivity index (χ0v) is 13.6. The van der Waals surface area contributed by atoms with Crippen LogP contribution in [0.5, 0.6) is 5.75 Å². The molecule has 0 unspecified atom stereocenters. The third-order valence-electron chi connectivity index (χ3n) is 3.52. The lowest BCUT2D eigenvalue weighted by molar-refractivity contribution is 0.0562. The first-order valence-electron chi connectivity index (χ1n) is 7.65. The van der Waals surface area contributed by atoms with Gasteiger partial charge in [0, 0.05) is 25.3 Å². The van der Waals surface area contributed by atoms with Crippen molar-refractivity contribution in [2.45, 2.75) is 25.9 Å². The molecule has 0 bridgehead atoms. The van der Waals surface area contributed by atoms with Crippen molar-refractivity contribution in [1.82, 2.24) is 4.90 Å². The lowest BCUT2D eigenvalue weighted by atomic mass is 10.1. The number of nitrogens with zero attached hydrogens (tertiary/aromatic N) is 1. The largest absolute Gasteiger partial charge is 0.492 e. The van der Waals surface area contributed by atoms with E-state index in [2.05, 4.69) is 0 Å². The van der Waals surface area contributed by atoms with Crippen LogP contribution in [0.1, 0.15) is 30.1 Å². The maximum Gasteiger partial charge on any atom is 0.253 e. The third kappa shape index (κ3) is 4.60. The number of ether oxygens (including phenoxy) is 2. The van der Waals surface area contributed by atoms with Crippen molar-refractivity contribution in [1.29, 1.82) is 0 Å². The van der Waals surface area contributed by atoms with E-state index in [4.69, 9.17) is 26.8 Å². The van der Waals surface area contributed by atoms with Gasteiger partial charge < -0.3 is 20.1 Å². The summed E-state index contributed by atoms with van der Waals surface area (Å²) in [6.07, 6.45) is 1.67. The van der Waals surface area contributed by atoms with Gasteiger partial charge >= 0.3 is 0 Å². The molecule has 2 N–H and O–H groups in total. The van der Waals surface area contributed by atoms with Gasteiger partial charge in [0.2, 0.25) is 0 Å². The van der Waals surface area contributed by atoms with Gasteiger partial charge in [0.15, 0.2) is 0 Å². The number of rotatable bonds is 5. The Labute approximate surface area is 136 Å². The molecule has 1 aromatic rings. The molecule has 0 spiro atoms. The molecular formula is C16H23ClN2O3. The highest BCUT2D eigenvalue weighted by Crippen LogP contribution is 2.26. The highest BCUT2D eigenvalue weighted by Gasteiger charge is 2.21. The number of halogens is 1. The van der Waals surface area contributed by atoms with E-state index >= 15 is 0 Å². The molecule has 0 radical (unpaired) electrons. The summed E-state index contributed by atoms with van der Waals surface area (Å²) in [5.74, 6) is 0.562. The predicted molar refractivity (Wildman–Crippen MR) is 86.6 cm³/mol. The first-order chi connectivity index (χ1) is 10.6. The number of hydrogen-bond acceptors (Lipinski definition) is 4. The standard InChI is InChI=1S/C16H23ClN2O3/c1-12-11-19(7-3-9-21-12)16(20)13-4-5-15(14(17)10-13)22-8-2-6-18/h4-5,10,12H,2-3,6-9,11,18H2,1H3/t12-/m1/s1. The van der Waals surface area contributed by atoms with Crippen molar-refractivity contribution in [2.75, 3.05) is 32.8 Å². The molecule has 1 fully saturated rings. The molecule has 0 saturated carbocycles. The molecule has 6 heteroatoms. The third-order valence-corrected chi connectivity index (χ3v) is 3.82. The van der Waals surface area contributed by atoms with Crippen molar-refractivity contribution >= 4 is 17.5 Å². The van der Waals surface area contributed by atoms with Gasteiger partial charge in [-0.05, 0) is 44.5 Å². The van der Waals surface area contributed by atoms with Crippen LogP contribution in [0.3, 0.4) is 0 Å². The Kier molecular flexibility index (Phi) is 6.49. The summed E-state index contributed by atoms with van der Waals surface area (Å²) in [6, 6.07) is 5.16. The summed E-state index contributed by atoms with van der Waals surface area (Å²) in [5, 5.41) is 0.446. The Morgan fingerprint density at radius 2 is 2.36 bits per heavy atom. The van der Waals surface area contributed by atoms with E-state index in [-0.39, 0.29) is 12.0 Å². The SMILES string of the molecule is C[C@@H]1CN(C(=O)c2ccc(OCCCN)c(Cl)c2)CCCO1. The van der Waals surface area contributed by atoms with Crippen molar-refractivity contribution < 1.29 is 14.3 Å². The quantitative estimate of drug-likeness (QED) is 0.843. The Bertz CT molecular complexity index is 510. The zero-order valence-electron chi connectivity index (χ0n) is 12.9. The first kappa shape index (κ1) is 17.1. The Morgan fingerprint density at radius 1 is 1.55 bits per heavy atom. The summed E-state index contributed by atoms with van der Waals surface area (Å²) in [4.78, 5) is 14.4. The fraction of sp³-hybridized carbons (Fsp3) is 0.562. The first-order valence-corrected chi connectivity index (χ1v) is 8.03. The van der Waals surface area contributed by atoms with E-state index in [1.54, 1.807) is 18.2 Å². The summed E-state index contributed by atoms with van der Waals surface area (Å²) >= 11 is 6.20. The molecule has 1 atom stereocenters.